The maximum atomic E-state index is 5.93. The minimum Gasteiger partial charge on any atom is -0.377 e. The molecule has 2 saturated heterocycles. The highest BCUT2D eigenvalue weighted by Crippen LogP contribution is 2.29. The van der Waals surface area contributed by atoms with Crippen LogP contribution in [-0.4, -0.2) is 61.3 Å². The van der Waals surface area contributed by atoms with Crippen molar-refractivity contribution in [3.8, 4) is 0 Å². The highest BCUT2D eigenvalue weighted by atomic mass is 16.5. The van der Waals surface area contributed by atoms with Gasteiger partial charge in [-0.3, -0.25) is 9.80 Å². The number of hydrogen-bond donors (Lipinski definition) is 0. The zero-order chi connectivity index (χ0) is 19.3. The molecule has 0 radical (unpaired) electrons. The van der Waals surface area contributed by atoms with E-state index >= 15 is 0 Å². The highest BCUT2D eigenvalue weighted by Gasteiger charge is 2.30. The molecule has 0 bridgehead atoms. The molecule has 1 unspecified atom stereocenters. The standard InChI is InChI=1S/C25H38N2O/c1-3-20(2)17-26(19-25-9-6-14-28-25)18-21-10-12-27(13-11-21)24-15-22-7-4-5-8-23(22)16-24/h3-5,7-8,21,24-25H,6,9-19H2,1-2H3/b20-3+. The van der Waals surface area contributed by atoms with E-state index in [0.29, 0.717) is 6.10 Å². The molecule has 0 N–H and O–H groups in total. The lowest BCUT2D eigenvalue weighted by atomic mass is 9.94. The van der Waals surface area contributed by atoms with Crippen molar-refractivity contribution in [3.63, 3.8) is 0 Å². The summed E-state index contributed by atoms with van der Waals surface area (Å²) in [5.41, 5.74) is 4.65. The Labute approximate surface area is 171 Å². The topological polar surface area (TPSA) is 15.7 Å². The fourth-order valence-corrected chi connectivity index (χ4v) is 5.38. The summed E-state index contributed by atoms with van der Waals surface area (Å²) in [4.78, 5) is 5.45. The molecule has 1 aromatic carbocycles. The van der Waals surface area contributed by atoms with Crippen LogP contribution in [0.15, 0.2) is 35.9 Å². The van der Waals surface area contributed by atoms with E-state index in [-0.39, 0.29) is 0 Å². The Hall–Kier alpha value is -1.16. The smallest absolute Gasteiger partial charge is 0.0702 e. The number of allylic oxidation sites excluding steroid dienone is 1. The molecule has 154 valence electrons. The van der Waals surface area contributed by atoms with Gasteiger partial charge in [-0.2, -0.15) is 0 Å². The van der Waals surface area contributed by atoms with Gasteiger partial charge in [0.25, 0.3) is 0 Å². The molecule has 4 rings (SSSR count). The zero-order valence-corrected chi connectivity index (χ0v) is 17.9. The van der Waals surface area contributed by atoms with Gasteiger partial charge in [-0.25, -0.2) is 0 Å². The van der Waals surface area contributed by atoms with Crippen molar-refractivity contribution in [2.45, 2.75) is 64.5 Å². The molecule has 1 aromatic rings. The fraction of sp³-hybridized carbons (Fsp3) is 0.680. The summed E-state index contributed by atoms with van der Waals surface area (Å²) < 4.78 is 5.93. The molecule has 3 heteroatoms. The summed E-state index contributed by atoms with van der Waals surface area (Å²) in [6, 6.07) is 9.79. The van der Waals surface area contributed by atoms with Crippen LogP contribution in [-0.2, 0) is 17.6 Å². The predicted molar refractivity (Wildman–Crippen MR) is 117 cm³/mol. The first kappa shape index (κ1) is 20.1. The van der Waals surface area contributed by atoms with Crippen molar-refractivity contribution in [3.05, 3.63) is 47.0 Å². The number of piperidine rings is 1. The van der Waals surface area contributed by atoms with E-state index in [1.165, 1.54) is 63.7 Å². The van der Waals surface area contributed by atoms with E-state index in [4.69, 9.17) is 4.74 Å². The van der Waals surface area contributed by atoms with E-state index in [1.54, 1.807) is 11.1 Å². The van der Waals surface area contributed by atoms with Gasteiger partial charge in [0.2, 0.25) is 0 Å². The molecule has 3 nitrogen and oxygen atoms in total. The van der Waals surface area contributed by atoms with Crippen LogP contribution in [0.25, 0.3) is 0 Å². The van der Waals surface area contributed by atoms with Gasteiger partial charge >= 0.3 is 0 Å². The maximum Gasteiger partial charge on any atom is 0.0702 e. The zero-order valence-electron chi connectivity index (χ0n) is 17.9. The molecule has 2 heterocycles. The van der Waals surface area contributed by atoms with Crippen molar-refractivity contribution in [1.82, 2.24) is 9.80 Å². The monoisotopic (exact) mass is 382 g/mol. The Morgan fingerprint density at radius 2 is 1.82 bits per heavy atom. The summed E-state index contributed by atoms with van der Waals surface area (Å²) in [7, 11) is 0. The van der Waals surface area contributed by atoms with E-state index in [1.807, 2.05) is 0 Å². The van der Waals surface area contributed by atoms with Gasteiger partial charge in [0.15, 0.2) is 0 Å². The quantitative estimate of drug-likeness (QED) is 0.654. The Morgan fingerprint density at radius 3 is 2.43 bits per heavy atom. The van der Waals surface area contributed by atoms with Crippen LogP contribution in [0.3, 0.4) is 0 Å². The number of rotatable bonds is 7. The molecule has 1 atom stereocenters. The molecule has 28 heavy (non-hydrogen) atoms. The lowest BCUT2D eigenvalue weighted by Gasteiger charge is -2.38. The van der Waals surface area contributed by atoms with Gasteiger partial charge in [0.05, 0.1) is 6.10 Å². The molecule has 0 amide bonds. The predicted octanol–water partition coefficient (Wildman–Crippen LogP) is 4.31. The summed E-state index contributed by atoms with van der Waals surface area (Å²) in [5.74, 6) is 0.839. The number of likely N-dealkylation sites (tertiary alicyclic amines) is 1. The minimum atomic E-state index is 0.460. The number of hydrogen-bond acceptors (Lipinski definition) is 3. The second-order valence-corrected chi connectivity index (χ2v) is 9.27. The van der Waals surface area contributed by atoms with Crippen LogP contribution in [0, 0.1) is 5.92 Å². The van der Waals surface area contributed by atoms with Crippen LogP contribution >= 0.6 is 0 Å². The Morgan fingerprint density at radius 1 is 1.11 bits per heavy atom. The number of nitrogens with zero attached hydrogens (tertiary/aromatic N) is 2. The Bertz CT molecular complexity index is 631. The Balaban J connectivity index is 1.27. The highest BCUT2D eigenvalue weighted by molar-refractivity contribution is 5.33. The largest absolute Gasteiger partial charge is 0.377 e. The van der Waals surface area contributed by atoms with E-state index in [2.05, 4.69) is 54.0 Å². The van der Waals surface area contributed by atoms with E-state index in [9.17, 15) is 0 Å². The molecule has 0 aromatic heterocycles. The van der Waals surface area contributed by atoms with Crippen molar-refractivity contribution in [1.29, 1.82) is 0 Å². The van der Waals surface area contributed by atoms with Gasteiger partial charge in [-0.15, -0.1) is 0 Å². The average Bonchev–Trinajstić information content (AvgIpc) is 3.37. The molecular formula is C25H38N2O. The third-order valence-electron chi connectivity index (χ3n) is 7.16. The molecule has 2 aliphatic heterocycles. The van der Waals surface area contributed by atoms with E-state index in [0.717, 1.165) is 31.7 Å². The lowest BCUT2D eigenvalue weighted by molar-refractivity contribution is 0.0606. The number of ether oxygens (including phenoxy) is 1. The molecular weight excluding hydrogens is 344 g/mol. The molecule has 1 aliphatic carbocycles. The third-order valence-corrected chi connectivity index (χ3v) is 7.16. The first-order valence-electron chi connectivity index (χ1n) is 11.5. The molecule has 0 spiro atoms. The second kappa shape index (κ2) is 9.56. The van der Waals surface area contributed by atoms with Gasteiger partial charge in [0, 0.05) is 32.3 Å². The molecule has 3 aliphatic rings. The molecule has 2 fully saturated rings. The van der Waals surface area contributed by atoms with Crippen molar-refractivity contribution in [2.75, 3.05) is 39.3 Å². The maximum absolute atomic E-state index is 5.93. The second-order valence-electron chi connectivity index (χ2n) is 9.27. The van der Waals surface area contributed by atoms with Crippen LogP contribution in [0.4, 0.5) is 0 Å². The van der Waals surface area contributed by atoms with Crippen LogP contribution in [0.2, 0.25) is 0 Å². The van der Waals surface area contributed by atoms with Gasteiger partial charge in [-0.05, 0) is 82.5 Å². The van der Waals surface area contributed by atoms with Gasteiger partial charge in [0.1, 0.15) is 0 Å². The van der Waals surface area contributed by atoms with Gasteiger partial charge in [-0.1, -0.05) is 35.9 Å². The normalized spacial score (nSPS) is 25.0. The number of fused-ring (bicyclic) bond motifs is 1. The molecule has 0 saturated carbocycles. The third kappa shape index (κ3) is 5.06. The van der Waals surface area contributed by atoms with Gasteiger partial charge < -0.3 is 4.74 Å². The van der Waals surface area contributed by atoms with Crippen molar-refractivity contribution >= 4 is 0 Å². The summed E-state index contributed by atoms with van der Waals surface area (Å²) in [6.45, 7) is 11.4. The first-order valence-corrected chi connectivity index (χ1v) is 11.5. The lowest BCUT2D eigenvalue weighted by Crippen LogP contribution is -2.45. The van der Waals surface area contributed by atoms with Crippen LogP contribution in [0.1, 0.15) is 50.7 Å². The summed E-state index contributed by atoms with van der Waals surface area (Å²) >= 11 is 0. The Kier molecular flexibility index (Phi) is 6.87. The van der Waals surface area contributed by atoms with Crippen molar-refractivity contribution in [2.24, 2.45) is 5.92 Å². The van der Waals surface area contributed by atoms with Crippen LogP contribution < -0.4 is 0 Å². The summed E-state index contributed by atoms with van der Waals surface area (Å²) in [5, 5.41) is 0. The first-order chi connectivity index (χ1) is 13.7. The minimum absolute atomic E-state index is 0.460. The number of benzene rings is 1. The van der Waals surface area contributed by atoms with Crippen molar-refractivity contribution < 1.29 is 4.74 Å². The SMILES string of the molecule is C/C=C(\C)CN(CC1CCN(C2Cc3ccccc3C2)CC1)CC1CCCO1. The van der Waals surface area contributed by atoms with E-state index < -0.39 is 0 Å². The average molecular weight is 383 g/mol. The summed E-state index contributed by atoms with van der Waals surface area (Å²) in [6.07, 6.45) is 10.4. The fourth-order valence-electron chi connectivity index (χ4n) is 5.38. The van der Waals surface area contributed by atoms with Crippen LogP contribution in [0.5, 0.6) is 0 Å².